The molecule has 0 fully saturated rings. The van der Waals surface area contributed by atoms with Crippen LogP contribution in [0.15, 0.2) is 4.79 Å². The predicted octanol–water partition coefficient (Wildman–Crippen LogP) is -0.882. The van der Waals surface area contributed by atoms with Crippen molar-refractivity contribution < 1.29 is 0 Å². The van der Waals surface area contributed by atoms with E-state index in [0.29, 0.717) is 23.4 Å². The third kappa shape index (κ3) is 1.82. The summed E-state index contributed by atoms with van der Waals surface area (Å²) < 4.78 is 0. The molecule has 7 heteroatoms. The number of hydrogen-bond acceptors (Lipinski definition) is 5. The molecule has 80 valence electrons. The molecule has 0 saturated carbocycles. The lowest BCUT2D eigenvalue weighted by Gasteiger charge is -1.98. The Kier molecular flexibility index (Phi) is 2.16. The summed E-state index contributed by atoms with van der Waals surface area (Å²) in [4.78, 5) is 24.7. The van der Waals surface area contributed by atoms with Crippen LogP contribution in [0.1, 0.15) is 12.7 Å². The standard InChI is InChI=1S/C8H12N6O/c1-3(9)2-4-11-5-6(12-4)13-8(10)14-7(5)15/h3H,2,9H2,1H3,(H4,10,11,12,13,14,15). The molecule has 1 unspecified atom stereocenters. The van der Waals surface area contributed by atoms with E-state index in [1.807, 2.05) is 6.92 Å². The molecule has 15 heavy (non-hydrogen) atoms. The van der Waals surface area contributed by atoms with E-state index in [-0.39, 0.29) is 17.5 Å². The fourth-order valence-electron chi connectivity index (χ4n) is 1.37. The maximum Gasteiger partial charge on any atom is 0.278 e. The fraction of sp³-hybridized carbons (Fsp3) is 0.375. The minimum absolute atomic E-state index is 0.0259. The Hall–Kier alpha value is -1.89. The van der Waals surface area contributed by atoms with E-state index in [2.05, 4.69) is 19.9 Å². The van der Waals surface area contributed by atoms with Crippen LogP contribution in [0.2, 0.25) is 0 Å². The lowest BCUT2D eigenvalue weighted by molar-refractivity contribution is 0.711. The molecule has 0 aliphatic rings. The van der Waals surface area contributed by atoms with Gasteiger partial charge in [0.15, 0.2) is 11.2 Å². The van der Waals surface area contributed by atoms with Gasteiger partial charge in [-0.3, -0.25) is 9.78 Å². The number of nitrogens with two attached hydrogens (primary N) is 2. The Morgan fingerprint density at radius 2 is 2.13 bits per heavy atom. The zero-order valence-electron chi connectivity index (χ0n) is 8.24. The van der Waals surface area contributed by atoms with Gasteiger partial charge in [0.1, 0.15) is 5.82 Å². The fourth-order valence-corrected chi connectivity index (χ4v) is 1.37. The number of imidazole rings is 1. The lowest BCUT2D eigenvalue weighted by Crippen LogP contribution is -2.18. The van der Waals surface area contributed by atoms with Crippen molar-refractivity contribution in [2.24, 2.45) is 5.73 Å². The van der Waals surface area contributed by atoms with Gasteiger partial charge in [-0.05, 0) is 6.92 Å². The number of nitrogens with zero attached hydrogens (tertiary/aromatic N) is 2. The summed E-state index contributed by atoms with van der Waals surface area (Å²) in [5, 5.41) is 0. The average Bonchev–Trinajstić information content (AvgIpc) is 2.45. The van der Waals surface area contributed by atoms with Gasteiger partial charge in [0.2, 0.25) is 5.95 Å². The third-order valence-corrected chi connectivity index (χ3v) is 1.94. The molecule has 1 atom stereocenters. The van der Waals surface area contributed by atoms with E-state index in [0.717, 1.165) is 0 Å². The molecule has 0 aliphatic carbocycles. The summed E-state index contributed by atoms with van der Waals surface area (Å²) >= 11 is 0. The second-order valence-electron chi connectivity index (χ2n) is 3.51. The molecule has 0 radical (unpaired) electrons. The van der Waals surface area contributed by atoms with Crippen molar-refractivity contribution in [3.8, 4) is 0 Å². The Morgan fingerprint density at radius 1 is 1.40 bits per heavy atom. The first kappa shape index (κ1) is 9.66. The molecule has 0 aliphatic heterocycles. The largest absolute Gasteiger partial charge is 0.369 e. The summed E-state index contributed by atoms with van der Waals surface area (Å²) in [5.41, 5.74) is 11.4. The summed E-state index contributed by atoms with van der Waals surface area (Å²) in [6, 6.07) is -0.0259. The number of rotatable bonds is 2. The quantitative estimate of drug-likeness (QED) is 0.509. The number of H-pyrrole nitrogens is 2. The first-order valence-corrected chi connectivity index (χ1v) is 4.56. The van der Waals surface area contributed by atoms with Gasteiger partial charge in [-0.2, -0.15) is 4.98 Å². The molecule has 0 saturated heterocycles. The van der Waals surface area contributed by atoms with Crippen molar-refractivity contribution in [2.45, 2.75) is 19.4 Å². The van der Waals surface area contributed by atoms with Crippen LogP contribution in [-0.2, 0) is 6.42 Å². The van der Waals surface area contributed by atoms with E-state index >= 15 is 0 Å². The number of nitrogen functional groups attached to an aromatic ring is 1. The molecule has 2 heterocycles. The molecule has 2 aromatic heterocycles. The van der Waals surface area contributed by atoms with Crippen molar-refractivity contribution in [3.63, 3.8) is 0 Å². The first-order chi connectivity index (χ1) is 7.06. The third-order valence-electron chi connectivity index (χ3n) is 1.94. The summed E-state index contributed by atoms with van der Waals surface area (Å²) in [6.45, 7) is 1.86. The Morgan fingerprint density at radius 3 is 2.80 bits per heavy atom. The Bertz CT molecular complexity index is 540. The van der Waals surface area contributed by atoms with Crippen molar-refractivity contribution >= 4 is 17.1 Å². The van der Waals surface area contributed by atoms with Gasteiger partial charge in [-0.15, -0.1) is 0 Å². The Balaban J connectivity index is 2.55. The molecular formula is C8H12N6O. The minimum atomic E-state index is -0.319. The second kappa shape index (κ2) is 3.35. The molecule has 6 N–H and O–H groups in total. The predicted molar refractivity (Wildman–Crippen MR) is 56.3 cm³/mol. The first-order valence-electron chi connectivity index (χ1n) is 4.56. The number of fused-ring (bicyclic) bond motifs is 1. The highest BCUT2D eigenvalue weighted by Gasteiger charge is 2.09. The molecule has 2 aromatic rings. The van der Waals surface area contributed by atoms with Crippen molar-refractivity contribution in [2.75, 3.05) is 5.73 Å². The highest BCUT2D eigenvalue weighted by atomic mass is 16.1. The van der Waals surface area contributed by atoms with Gasteiger partial charge in [-0.1, -0.05) is 0 Å². The second-order valence-corrected chi connectivity index (χ2v) is 3.51. The van der Waals surface area contributed by atoms with Crippen LogP contribution in [0.4, 0.5) is 5.95 Å². The van der Waals surface area contributed by atoms with E-state index in [4.69, 9.17) is 11.5 Å². The zero-order chi connectivity index (χ0) is 11.0. The average molecular weight is 208 g/mol. The van der Waals surface area contributed by atoms with Gasteiger partial charge in [-0.25, -0.2) is 4.98 Å². The number of hydrogen-bond donors (Lipinski definition) is 4. The van der Waals surface area contributed by atoms with Gasteiger partial charge in [0.05, 0.1) is 0 Å². The van der Waals surface area contributed by atoms with Crippen molar-refractivity contribution in [1.82, 2.24) is 19.9 Å². The number of aromatic nitrogens is 4. The molecule has 0 spiro atoms. The SMILES string of the molecule is CC(N)Cc1nc2nc(N)[nH]c(=O)c2[nH]1. The van der Waals surface area contributed by atoms with E-state index in [1.165, 1.54) is 0 Å². The molecule has 0 bridgehead atoms. The van der Waals surface area contributed by atoms with Crippen molar-refractivity contribution in [3.05, 3.63) is 16.2 Å². The number of anilines is 1. The molecule has 7 nitrogen and oxygen atoms in total. The van der Waals surface area contributed by atoms with Crippen LogP contribution in [-0.4, -0.2) is 26.0 Å². The molecule has 2 rings (SSSR count). The number of nitrogens with one attached hydrogen (secondary N) is 2. The number of aromatic amines is 2. The summed E-state index contributed by atoms with van der Waals surface area (Å²) in [6.07, 6.45) is 0.565. The molecule has 0 aromatic carbocycles. The van der Waals surface area contributed by atoms with Gasteiger partial charge >= 0.3 is 0 Å². The van der Waals surface area contributed by atoms with Crippen LogP contribution >= 0.6 is 0 Å². The monoisotopic (exact) mass is 208 g/mol. The van der Waals surface area contributed by atoms with Crippen LogP contribution < -0.4 is 17.0 Å². The normalized spacial score (nSPS) is 13.2. The highest BCUT2D eigenvalue weighted by Crippen LogP contribution is 2.05. The Labute approximate surface area is 84.9 Å². The molecule has 0 amide bonds. The zero-order valence-corrected chi connectivity index (χ0v) is 8.24. The van der Waals surface area contributed by atoms with Gasteiger partial charge < -0.3 is 16.5 Å². The summed E-state index contributed by atoms with van der Waals surface area (Å²) in [7, 11) is 0. The molecular weight excluding hydrogens is 196 g/mol. The maximum atomic E-state index is 11.4. The van der Waals surface area contributed by atoms with E-state index < -0.39 is 0 Å². The van der Waals surface area contributed by atoms with E-state index in [9.17, 15) is 4.79 Å². The lowest BCUT2D eigenvalue weighted by atomic mass is 10.2. The smallest absolute Gasteiger partial charge is 0.278 e. The summed E-state index contributed by atoms with van der Waals surface area (Å²) in [5.74, 6) is 0.704. The van der Waals surface area contributed by atoms with Crippen LogP contribution in [0, 0.1) is 0 Å². The minimum Gasteiger partial charge on any atom is -0.369 e. The van der Waals surface area contributed by atoms with Gasteiger partial charge in [0.25, 0.3) is 5.56 Å². The van der Waals surface area contributed by atoms with E-state index in [1.54, 1.807) is 0 Å². The van der Waals surface area contributed by atoms with Crippen LogP contribution in [0.5, 0.6) is 0 Å². The maximum absolute atomic E-state index is 11.4. The van der Waals surface area contributed by atoms with Crippen molar-refractivity contribution in [1.29, 1.82) is 0 Å². The highest BCUT2D eigenvalue weighted by molar-refractivity contribution is 5.70. The van der Waals surface area contributed by atoms with Gasteiger partial charge in [0, 0.05) is 12.5 Å². The van der Waals surface area contributed by atoms with Crippen LogP contribution in [0.25, 0.3) is 11.2 Å². The topological polar surface area (TPSA) is 126 Å². The van der Waals surface area contributed by atoms with Crippen LogP contribution in [0.3, 0.4) is 0 Å².